The number of hydrogen-bond acceptors (Lipinski definition) is 3. The summed E-state index contributed by atoms with van der Waals surface area (Å²) in [5, 5.41) is 3.33. The number of carbonyl (C=O) groups excluding carboxylic acids is 1. The van der Waals surface area contributed by atoms with Gasteiger partial charge in [0, 0.05) is 6.54 Å². The van der Waals surface area contributed by atoms with Crippen LogP contribution in [-0.4, -0.2) is 32.1 Å². The number of benzene rings is 1. The molecule has 2 rings (SSSR count). The minimum absolute atomic E-state index is 0.0303. The normalized spacial score (nSPS) is 17.5. The summed E-state index contributed by atoms with van der Waals surface area (Å²) in [6, 6.07) is 7.94. The van der Waals surface area contributed by atoms with Crippen molar-refractivity contribution in [3.05, 3.63) is 36.1 Å². The van der Waals surface area contributed by atoms with Gasteiger partial charge in [0.1, 0.15) is 12.6 Å². The highest BCUT2D eigenvalue weighted by molar-refractivity contribution is 5.11. The largest absolute Gasteiger partial charge is 0.376 e. The number of halogens is 1. The standard InChI is InChI=1S/C9H19NO.C6H5F.CH2O/c1-9(2,3)11-7-8-4-5-10-6-8;7-6-4-2-1-3-5-6;1-2/h8,10H,4-7H2,1-3H3;1-5H;1H2. The molecule has 1 atom stereocenters. The van der Waals surface area contributed by atoms with Crippen molar-refractivity contribution in [2.45, 2.75) is 32.8 Å². The van der Waals surface area contributed by atoms with Crippen molar-refractivity contribution in [3.8, 4) is 0 Å². The number of carbonyl (C=O) groups is 1. The van der Waals surface area contributed by atoms with Crippen LogP contribution >= 0.6 is 0 Å². The zero-order valence-corrected chi connectivity index (χ0v) is 12.7. The molecule has 1 aromatic carbocycles. The minimum Gasteiger partial charge on any atom is -0.376 e. The van der Waals surface area contributed by atoms with Crippen LogP contribution in [0.4, 0.5) is 4.39 Å². The molecule has 1 saturated heterocycles. The van der Waals surface area contributed by atoms with E-state index in [1.165, 1.54) is 18.6 Å². The Hall–Kier alpha value is -1.26. The van der Waals surface area contributed by atoms with Gasteiger partial charge in [0.25, 0.3) is 0 Å². The van der Waals surface area contributed by atoms with Gasteiger partial charge in [-0.05, 0) is 51.8 Å². The smallest absolute Gasteiger partial charge is 0.123 e. The zero-order chi connectivity index (χ0) is 15.4. The van der Waals surface area contributed by atoms with Crippen LogP contribution in [0.25, 0.3) is 0 Å². The molecule has 4 heteroatoms. The van der Waals surface area contributed by atoms with E-state index in [1.54, 1.807) is 18.2 Å². The zero-order valence-electron chi connectivity index (χ0n) is 12.7. The second-order valence-corrected chi connectivity index (χ2v) is 5.58. The maximum absolute atomic E-state index is 11.9. The van der Waals surface area contributed by atoms with Crippen LogP contribution < -0.4 is 5.32 Å². The third-order valence-corrected chi connectivity index (χ3v) is 2.65. The molecule has 1 aliphatic rings. The molecule has 0 amide bonds. The predicted octanol–water partition coefficient (Wildman–Crippen LogP) is 3.05. The van der Waals surface area contributed by atoms with Crippen molar-refractivity contribution < 1.29 is 13.9 Å². The quantitative estimate of drug-likeness (QED) is 0.906. The fourth-order valence-electron chi connectivity index (χ4n) is 1.64. The van der Waals surface area contributed by atoms with Crippen LogP contribution in [0, 0.1) is 11.7 Å². The van der Waals surface area contributed by atoms with E-state index in [0.29, 0.717) is 0 Å². The van der Waals surface area contributed by atoms with Crippen molar-refractivity contribution in [1.82, 2.24) is 5.32 Å². The molecular formula is C16H26FNO2. The van der Waals surface area contributed by atoms with E-state index in [4.69, 9.17) is 9.53 Å². The van der Waals surface area contributed by atoms with Gasteiger partial charge in [0.05, 0.1) is 12.2 Å². The fourth-order valence-corrected chi connectivity index (χ4v) is 1.64. The van der Waals surface area contributed by atoms with Gasteiger partial charge < -0.3 is 14.8 Å². The highest BCUT2D eigenvalue weighted by Crippen LogP contribution is 2.13. The van der Waals surface area contributed by atoms with Crippen LogP contribution in [0.5, 0.6) is 0 Å². The lowest BCUT2D eigenvalue weighted by Gasteiger charge is -2.21. The SMILES string of the molecule is C=O.CC(C)(C)OCC1CCNC1.Fc1ccccc1. The lowest BCUT2D eigenvalue weighted by Crippen LogP contribution is -2.24. The molecule has 0 aliphatic carbocycles. The summed E-state index contributed by atoms with van der Waals surface area (Å²) in [5.41, 5.74) is 0.0303. The fraction of sp³-hybridized carbons (Fsp3) is 0.562. The summed E-state index contributed by atoms with van der Waals surface area (Å²) in [7, 11) is 0. The highest BCUT2D eigenvalue weighted by Gasteiger charge is 2.18. The van der Waals surface area contributed by atoms with Crippen LogP contribution in [-0.2, 0) is 9.53 Å². The van der Waals surface area contributed by atoms with Crippen molar-refractivity contribution in [3.63, 3.8) is 0 Å². The van der Waals surface area contributed by atoms with Gasteiger partial charge in [-0.1, -0.05) is 18.2 Å². The van der Waals surface area contributed by atoms with E-state index < -0.39 is 0 Å². The maximum Gasteiger partial charge on any atom is 0.123 e. The molecule has 1 aliphatic heterocycles. The average Bonchev–Trinajstić information content (AvgIpc) is 2.93. The van der Waals surface area contributed by atoms with Gasteiger partial charge in [0.15, 0.2) is 0 Å². The Morgan fingerprint density at radius 3 is 2.25 bits per heavy atom. The molecule has 1 N–H and O–H groups in total. The Kier molecular flexibility index (Phi) is 9.86. The first-order valence-electron chi connectivity index (χ1n) is 6.81. The van der Waals surface area contributed by atoms with Gasteiger partial charge in [-0.25, -0.2) is 4.39 Å². The Bertz CT molecular complexity index is 332. The number of rotatable bonds is 2. The van der Waals surface area contributed by atoms with Crippen molar-refractivity contribution in [1.29, 1.82) is 0 Å². The predicted molar refractivity (Wildman–Crippen MR) is 80.2 cm³/mol. The molecule has 0 bridgehead atoms. The third-order valence-electron chi connectivity index (χ3n) is 2.65. The van der Waals surface area contributed by atoms with Gasteiger partial charge in [0.2, 0.25) is 0 Å². The summed E-state index contributed by atoms with van der Waals surface area (Å²) in [6.07, 6.45) is 1.27. The van der Waals surface area contributed by atoms with Crippen LogP contribution in [0.15, 0.2) is 30.3 Å². The average molecular weight is 283 g/mol. The van der Waals surface area contributed by atoms with E-state index in [2.05, 4.69) is 26.1 Å². The van der Waals surface area contributed by atoms with Crippen molar-refractivity contribution in [2.24, 2.45) is 5.92 Å². The monoisotopic (exact) mass is 283 g/mol. The van der Waals surface area contributed by atoms with Gasteiger partial charge in [-0.3, -0.25) is 0 Å². The summed E-state index contributed by atoms with van der Waals surface area (Å²) >= 11 is 0. The Balaban J connectivity index is 0.000000345. The van der Waals surface area contributed by atoms with Gasteiger partial charge in [-0.15, -0.1) is 0 Å². The molecule has 114 valence electrons. The molecule has 0 spiro atoms. The molecule has 0 aromatic heterocycles. The summed E-state index contributed by atoms with van der Waals surface area (Å²) in [4.78, 5) is 8.00. The van der Waals surface area contributed by atoms with E-state index in [0.717, 1.165) is 25.6 Å². The Morgan fingerprint density at radius 1 is 1.30 bits per heavy atom. The first-order chi connectivity index (χ1) is 9.47. The summed E-state index contributed by atoms with van der Waals surface area (Å²) < 4.78 is 17.6. The lowest BCUT2D eigenvalue weighted by atomic mass is 10.1. The lowest BCUT2D eigenvalue weighted by molar-refractivity contribution is -0.0980. The summed E-state index contributed by atoms with van der Waals surface area (Å²) in [6.45, 7) is 11.5. The number of hydrogen-bond donors (Lipinski definition) is 1. The number of nitrogens with one attached hydrogen (secondary N) is 1. The second-order valence-electron chi connectivity index (χ2n) is 5.58. The molecule has 0 radical (unpaired) electrons. The molecule has 0 saturated carbocycles. The van der Waals surface area contributed by atoms with E-state index in [1.807, 2.05) is 6.79 Å². The molecule has 1 unspecified atom stereocenters. The summed E-state index contributed by atoms with van der Waals surface area (Å²) in [5.74, 6) is 0.566. The molecule has 20 heavy (non-hydrogen) atoms. The molecule has 1 fully saturated rings. The van der Waals surface area contributed by atoms with E-state index in [9.17, 15) is 4.39 Å². The van der Waals surface area contributed by atoms with E-state index >= 15 is 0 Å². The van der Waals surface area contributed by atoms with Crippen LogP contribution in [0.3, 0.4) is 0 Å². The molecule has 1 heterocycles. The van der Waals surface area contributed by atoms with Gasteiger partial charge >= 0.3 is 0 Å². The Labute approximate surface area is 121 Å². The molecular weight excluding hydrogens is 257 g/mol. The highest BCUT2D eigenvalue weighted by atomic mass is 19.1. The van der Waals surface area contributed by atoms with Crippen LogP contribution in [0.1, 0.15) is 27.2 Å². The van der Waals surface area contributed by atoms with Crippen molar-refractivity contribution in [2.75, 3.05) is 19.7 Å². The maximum atomic E-state index is 11.9. The molecule has 1 aromatic rings. The van der Waals surface area contributed by atoms with Crippen LogP contribution in [0.2, 0.25) is 0 Å². The van der Waals surface area contributed by atoms with E-state index in [-0.39, 0.29) is 11.4 Å². The Morgan fingerprint density at radius 2 is 1.90 bits per heavy atom. The van der Waals surface area contributed by atoms with Crippen molar-refractivity contribution >= 4 is 6.79 Å². The molecule has 3 nitrogen and oxygen atoms in total. The first kappa shape index (κ1) is 18.7. The second kappa shape index (κ2) is 10.5. The topological polar surface area (TPSA) is 38.3 Å². The third kappa shape index (κ3) is 10.6. The minimum atomic E-state index is -0.178. The number of ether oxygens (including phenoxy) is 1. The van der Waals surface area contributed by atoms with Gasteiger partial charge in [-0.2, -0.15) is 0 Å². The first-order valence-corrected chi connectivity index (χ1v) is 6.81.